The molecule has 1 atom stereocenters. The van der Waals surface area contributed by atoms with E-state index in [2.05, 4.69) is 0 Å². The minimum absolute atomic E-state index is 0.0424. The Hall–Kier alpha value is -1.44. The first-order valence-electron chi connectivity index (χ1n) is 4.70. The van der Waals surface area contributed by atoms with Crippen LogP contribution in [0.1, 0.15) is 30.6 Å². The van der Waals surface area contributed by atoms with Crippen molar-refractivity contribution in [3.63, 3.8) is 0 Å². The zero-order valence-electron chi connectivity index (χ0n) is 8.49. The maximum Gasteiger partial charge on any atom is 0.166 e. The van der Waals surface area contributed by atoms with Crippen LogP contribution in [-0.2, 0) is 4.79 Å². The average Bonchev–Trinajstić information content (AvgIpc) is 2.17. The third-order valence-electron chi connectivity index (χ3n) is 2.10. The van der Waals surface area contributed by atoms with E-state index in [1.165, 1.54) is 6.92 Å². The lowest BCUT2D eigenvalue weighted by atomic mass is 9.95. The molecule has 1 aromatic rings. The lowest BCUT2D eigenvalue weighted by Gasteiger charge is -2.07. The van der Waals surface area contributed by atoms with Crippen molar-refractivity contribution in [1.29, 1.82) is 0 Å². The first-order chi connectivity index (χ1) is 6.61. The third kappa shape index (κ3) is 2.80. The van der Waals surface area contributed by atoms with E-state index in [9.17, 15) is 9.59 Å². The highest BCUT2D eigenvalue weighted by atomic mass is 16.1. The fraction of sp³-hybridized carbons (Fsp3) is 0.333. The molecule has 0 radical (unpaired) electrons. The van der Waals surface area contributed by atoms with Crippen LogP contribution >= 0.6 is 0 Å². The van der Waals surface area contributed by atoms with Crippen molar-refractivity contribution in [2.75, 3.05) is 0 Å². The van der Waals surface area contributed by atoms with Crippen LogP contribution in [0.15, 0.2) is 30.3 Å². The molecule has 0 heterocycles. The highest BCUT2D eigenvalue weighted by Gasteiger charge is 2.15. The van der Waals surface area contributed by atoms with Gasteiger partial charge in [0.15, 0.2) is 5.78 Å². The predicted molar refractivity (Wildman–Crippen MR) is 55.2 cm³/mol. The summed E-state index contributed by atoms with van der Waals surface area (Å²) in [5.74, 6) is -0.113. The van der Waals surface area contributed by atoms with Gasteiger partial charge in [0, 0.05) is 17.9 Å². The standard InChI is InChI=1S/C12H14O2/c1-9(8-10(2)13)12(14)11-6-4-3-5-7-11/h3-7,9H,8H2,1-2H3. The second-order valence-electron chi connectivity index (χ2n) is 3.54. The Morgan fingerprint density at radius 3 is 2.29 bits per heavy atom. The molecular formula is C12H14O2. The van der Waals surface area contributed by atoms with Crippen LogP contribution in [0.4, 0.5) is 0 Å². The molecule has 0 bridgehead atoms. The number of Topliss-reactive ketones (excluding diaryl/α,β-unsaturated/α-hetero) is 2. The van der Waals surface area contributed by atoms with Gasteiger partial charge in [0.1, 0.15) is 5.78 Å². The Labute approximate surface area is 83.9 Å². The Morgan fingerprint density at radius 1 is 1.21 bits per heavy atom. The predicted octanol–water partition coefficient (Wildman–Crippen LogP) is 2.48. The quantitative estimate of drug-likeness (QED) is 0.683. The molecule has 1 rings (SSSR count). The molecule has 0 spiro atoms. The smallest absolute Gasteiger partial charge is 0.166 e. The summed E-state index contributed by atoms with van der Waals surface area (Å²) >= 11 is 0. The molecule has 14 heavy (non-hydrogen) atoms. The molecule has 0 aliphatic carbocycles. The summed E-state index contributed by atoms with van der Waals surface area (Å²) in [6.07, 6.45) is 0.327. The summed E-state index contributed by atoms with van der Waals surface area (Å²) < 4.78 is 0. The molecular weight excluding hydrogens is 176 g/mol. The molecule has 1 aromatic carbocycles. The summed E-state index contributed by atoms with van der Waals surface area (Å²) in [4.78, 5) is 22.6. The summed E-state index contributed by atoms with van der Waals surface area (Å²) in [6.45, 7) is 3.30. The maximum atomic E-state index is 11.7. The van der Waals surface area contributed by atoms with E-state index in [-0.39, 0.29) is 17.5 Å². The van der Waals surface area contributed by atoms with Crippen LogP contribution in [0.2, 0.25) is 0 Å². The van der Waals surface area contributed by atoms with Crippen molar-refractivity contribution >= 4 is 11.6 Å². The molecule has 0 aromatic heterocycles. The van der Waals surface area contributed by atoms with Gasteiger partial charge >= 0.3 is 0 Å². The van der Waals surface area contributed by atoms with Gasteiger partial charge in [-0.05, 0) is 6.92 Å². The number of ketones is 2. The minimum atomic E-state index is -0.213. The van der Waals surface area contributed by atoms with Crippen molar-refractivity contribution in [1.82, 2.24) is 0 Å². The van der Waals surface area contributed by atoms with Crippen LogP contribution in [0.25, 0.3) is 0 Å². The first-order valence-corrected chi connectivity index (χ1v) is 4.70. The van der Waals surface area contributed by atoms with Gasteiger partial charge in [-0.15, -0.1) is 0 Å². The van der Waals surface area contributed by atoms with Gasteiger partial charge in [0.25, 0.3) is 0 Å². The molecule has 0 fully saturated rings. The Kier molecular flexibility index (Phi) is 3.57. The summed E-state index contributed by atoms with van der Waals surface area (Å²) in [5.41, 5.74) is 0.682. The van der Waals surface area contributed by atoms with Crippen molar-refractivity contribution in [2.24, 2.45) is 5.92 Å². The molecule has 0 aliphatic rings. The maximum absolute atomic E-state index is 11.7. The zero-order valence-corrected chi connectivity index (χ0v) is 8.49. The van der Waals surface area contributed by atoms with Gasteiger partial charge in [-0.1, -0.05) is 37.3 Å². The molecule has 0 aliphatic heterocycles. The van der Waals surface area contributed by atoms with Gasteiger partial charge in [0.05, 0.1) is 0 Å². The summed E-state index contributed by atoms with van der Waals surface area (Å²) in [7, 11) is 0. The van der Waals surface area contributed by atoms with Crippen LogP contribution in [-0.4, -0.2) is 11.6 Å². The fourth-order valence-electron chi connectivity index (χ4n) is 1.41. The van der Waals surface area contributed by atoms with E-state index in [0.717, 1.165) is 0 Å². The van der Waals surface area contributed by atoms with Gasteiger partial charge in [-0.3, -0.25) is 4.79 Å². The van der Waals surface area contributed by atoms with Crippen LogP contribution in [0.3, 0.4) is 0 Å². The van der Waals surface area contributed by atoms with Gasteiger partial charge in [0.2, 0.25) is 0 Å². The van der Waals surface area contributed by atoms with Crippen molar-refractivity contribution in [2.45, 2.75) is 20.3 Å². The average molecular weight is 190 g/mol. The van der Waals surface area contributed by atoms with E-state index in [0.29, 0.717) is 12.0 Å². The monoisotopic (exact) mass is 190 g/mol. The normalized spacial score (nSPS) is 12.1. The van der Waals surface area contributed by atoms with E-state index in [4.69, 9.17) is 0 Å². The summed E-state index contributed by atoms with van der Waals surface area (Å²) in [5, 5.41) is 0. The molecule has 2 heteroatoms. The van der Waals surface area contributed by atoms with E-state index >= 15 is 0 Å². The van der Waals surface area contributed by atoms with Crippen molar-refractivity contribution in [3.8, 4) is 0 Å². The van der Waals surface area contributed by atoms with Crippen LogP contribution < -0.4 is 0 Å². The molecule has 0 saturated carbocycles. The molecule has 0 amide bonds. The number of hydrogen-bond donors (Lipinski definition) is 0. The molecule has 0 N–H and O–H groups in total. The SMILES string of the molecule is CC(=O)CC(C)C(=O)c1ccccc1. The van der Waals surface area contributed by atoms with Crippen molar-refractivity contribution in [3.05, 3.63) is 35.9 Å². The molecule has 1 unspecified atom stereocenters. The Balaban J connectivity index is 2.71. The number of carbonyl (C=O) groups is 2. The Bertz CT molecular complexity index is 327. The lowest BCUT2D eigenvalue weighted by molar-refractivity contribution is -0.117. The zero-order chi connectivity index (χ0) is 10.6. The highest BCUT2D eigenvalue weighted by Crippen LogP contribution is 2.11. The highest BCUT2D eigenvalue weighted by molar-refractivity contribution is 5.99. The number of carbonyl (C=O) groups excluding carboxylic acids is 2. The van der Waals surface area contributed by atoms with Gasteiger partial charge in [-0.2, -0.15) is 0 Å². The third-order valence-corrected chi connectivity index (χ3v) is 2.10. The van der Waals surface area contributed by atoms with Crippen molar-refractivity contribution < 1.29 is 9.59 Å². The van der Waals surface area contributed by atoms with E-state index in [1.54, 1.807) is 19.1 Å². The van der Waals surface area contributed by atoms with Gasteiger partial charge < -0.3 is 4.79 Å². The molecule has 74 valence electrons. The van der Waals surface area contributed by atoms with E-state index in [1.807, 2.05) is 18.2 Å². The topological polar surface area (TPSA) is 34.1 Å². The Morgan fingerprint density at radius 2 is 1.79 bits per heavy atom. The second kappa shape index (κ2) is 4.70. The molecule has 0 saturated heterocycles. The minimum Gasteiger partial charge on any atom is -0.300 e. The number of rotatable bonds is 4. The van der Waals surface area contributed by atoms with Crippen LogP contribution in [0.5, 0.6) is 0 Å². The van der Waals surface area contributed by atoms with Gasteiger partial charge in [-0.25, -0.2) is 0 Å². The number of hydrogen-bond acceptors (Lipinski definition) is 2. The first kappa shape index (κ1) is 10.6. The lowest BCUT2D eigenvalue weighted by Crippen LogP contribution is -2.14. The summed E-state index contributed by atoms with van der Waals surface area (Å²) in [6, 6.07) is 9.08. The fourth-order valence-corrected chi connectivity index (χ4v) is 1.41. The number of benzene rings is 1. The largest absolute Gasteiger partial charge is 0.300 e. The van der Waals surface area contributed by atoms with E-state index < -0.39 is 0 Å². The second-order valence-corrected chi connectivity index (χ2v) is 3.54. The molecule has 2 nitrogen and oxygen atoms in total. The van der Waals surface area contributed by atoms with Crippen LogP contribution in [0, 0.1) is 5.92 Å².